The average molecular weight is 274 g/mol. The summed E-state index contributed by atoms with van der Waals surface area (Å²) < 4.78 is 26.9. The van der Waals surface area contributed by atoms with E-state index in [-0.39, 0.29) is 23.9 Å². The molecule has 1 aromatic rings. The second-order valence-corrected chi connectivity index (χ2v) is 5.67. The molecule has 0 aromatic carbocycles. The van der Waals surface area contributed by atoms with E-state index in [0.29, 0.717) is 6.54 Å². The third-order valence-electron chi connectivity index (χ3n) is 2.37. The van der Waals surface area contributed by atoms with Crippen LogP contribution in [-0.4, -0.2) is 48.0 Å². The van der Waals surface area contributed by atoms with Gasteiger partial charge in [-0.15, -0.1) is 0 Å². The minimum atomic E-state index is -3.65. The Morgan fingerprint density at radius 2 is 2.17 bits per heavy atom. The van der Waals surface area contributed by atoms with E-state index in [1.165, 1.54) is 17.1 Å². The van der Waals surface area contributed by atoms with Gasteiger partial charge >= 0.3 is 0 Å². The Hall–Kier alpha value is -1.41. The molecule has 102 valence electrons. The van der Waals surface area contributed by atoms with Gasteiger partial charge in [-0.25, -0.2) is 8.42 Å². The summed E-state index contributed by atoms with van der Waals surface area (Å²) in [5, 5.41) is 6.40. The molecule has 0 aliphatic heterocycles. The molecule has 1 rings (SSSR count). The van der Waals surface area contributed by atoms with Gasteiger partial charge in [-0.3, -0.25) is 9.48 Å². The predicted molar refractivity (Wildman–Crippen MR) is 66.3 cm³/mol. The molecule has 8 heteroatoms. The van der Waals surface area contributed by atoms with Gasteiger partial charge in [0.1, 0.15) is 4.90 Å². The number of carbonyl (C=O) groups is 1. The largest absolute Gasteiger partial charge is 0.355 e. The van der Waals surface area contributed by atoms with Crippen LogP contribution >= 0.6 is 0 Å². The molecule has 0 radical (unpaired) electrons. The van der Waals surface area contributed by atoms with E-state index in [0.717, 1.165) is 4.31 Å². The maximum Gasteiger partial charge on any atom is 0.246 e. The number of hydrogen-bond acceptors (Lipinski definition) is 4. The quantitative estimate of drug-likeness (QED) is 0.762. The molecule has 18 heavy (non-hydrogen) atoms. The van der Waals surface area contributed by atoms with Crippen LogP contribution in [0.4, 0.5) is 0 Å². The van der Waals surface area contributed by atoms with Crippen molar-refractivity contribution in [2.45, 2.75) is 18.7 Å². The fourth-order valence-corrected chi connectivity index (χ4v) is 2.85. The summed E-state index contributed by atoms with van der Waals surface area (Å²) in [5.41, 5.74) is 0. The molecule has 0 saturated heterocycles. The highest BCUT2D eigenvalue weighted by atomic mass is 32.2. The zero-order chi connectivity index (χ0) is 13.8. The van der Waals surface area contributed by atoms with Gasteiger partial charge in [-0.2, -0.15) is 9.40 Å². The molecule has 0 aliphatic rings. The Bertz CT molecular complexity index is 509. The third kappa shape index (κ3) is 3.30. The minimum Gasteiger partial charge on any atom is -0.355 e. The highest BCUT2D eigenvalue weighted by molar-refractivity contribution is 7.89. The van der Waals surface area contributed by atoms with Crippen LogP contribution in [0.5, 0.6) is 0 Å². The van der Waals surface area contributed by atoms with Crippen molar-refractivity contribution in [3.63, 3.8) is 0 Å². The van der Waals surface area contributed by atoms with Crippen molar-refractivity contribution in [3.05, 3.63) is 12.4 Å². The second-order valence-electron chi connectivity index (χ2n) is 3.73. The molecule has 0 spiro atoms. The van der Waals surface area contributed by atoms with Crippen molar-refractivity contribution in [3.8, 4) is 0 Å². The first-order valence-electron chi connectivity index (χ1n) is 5.67. The van der Waals surface area contributed by atoms with Crippen molar-refractivity contribution >= 4 is 15.9 Å². The third-order valence-corrected chi connectivity index (χ3v) is 4.24. The van der Waals surface area contributed by atoms with Gasteiger partial charge in [-0.1, -0.05) is 6.92 Å². The highest BCUT2D eigenvalue weighted by Crippen LogP contribution is 2.13. The summed E-state index contributed by atoms with van der Waals surface area (Å²) in [7, 11) is -2.02. The topological polar surface area (TPSA) is 84.3 Å². The number of carbonyl (C=O) groups excluding carboxylic acids is 1. The van der Waals surface area contributed by atoms with Crippen LogP contribution in [0.2, 0.25) is 0 Å². The lowest BCUT2D eigenvalue weighted by atomic mass is 10.5. The molecule has 0 atom stereocenters. The normalized spacial score (nSPS) is 11.8. The SMILES string of the molecule is CCNC(=O)CN(CC)S(=O)(=O)c1cnn(C)c1. The number of rotatable bonds is 6. The Kier molecular flexibility index (Phi) is 4.85. The Balaban J connectivity index is 2.90. The van der Waals surface area contributed by atoms with Gasteiger partial charge in [0, 0.05) is 26.3 Å². The van der Waals surface area contributed by atoms with Crippen LogP contribution in [0.1, 0.15) is 13.8 Å². The molecule has 1 aromatic heterocycles. The molecular weight excluding hydrogens is 256 g/mol. The number of sulfonamides is 1. The van der Waals surface area contributed by atoms with Crippen LogP contribution in [0.3, 0.4) is 0 Å². The molecule has 1 amide bonds. The van der Waals surface area contributed by atoms with E-state index < -0.39 is 10.0 Å². The van der Waals surface area contributed by atoms with Crippen molar-refractivity contribution < 1.29 is 13.2 Å². The lowest BCUT2D eigenvalue weighted by Crippen LogP contribution is -2.40. The molecule has 0 unspecified atom stereocenters. The Morgan fingerprint density at radius 1 is 1.50 bits per heavy atom. The maximum absolute atomic E-state index is 12.2. The first kappa shape index (κ1) is 14.7. The van der Waals surface area contributed by atoms with Crippen molar-refractivity contribution in [2.24, 2.45) is 7.05 Å². The first-order valence-corrected chi connectivity index (χ1v) is 7.11. The average Bonchev–Trinajstić information content (AvgIpc) is 2.73. The minimum absolute atomic E-state index is 0.0937. The number of likely N-dealkylation sites (N-methyl/N-ethyl adjacent to an activating group) is 2. The summed E-state index contributed by atoms with van der Waals surface area (Å²) in [6, 6.07) is 0. The zero-order valence-electron chi connectivity index (χ0n) is 10.8. The fourth-order valence-electron chi connectivity index (χ4n) is 1.46. The van der Waals surface area contributed by atoms with Crippen LogP contribution in [-0.2, 0) is 21.9 Å². The summed E-state index contributed by atoms with van der Waals surface area (Å²) in [6.07, 6.45) is 2.69. The van der Waals surface area contributed by atoms with Crippen LogP contribution in [0.25, 0.3) is 0 Å². The van der Waals surface area contributed by atoms with Crippen LogP contribution in [0, 0.1) is 0 Å². The van der Waals surface area contributed by atoms with E-state index in [9.17, 15) is 13.2 Å². The van der Waals surface area contributed by atoms with E-state index in [4.69, 9.17) is 0 Å². The number of nitrogens with zero attached hydrogens (tertiary/aromatic N) is 3. The molecule has 0 bridgehead atoms. The molecule has 0 saturated carbocycles. The summed E-state index contributed by atoms with van der Waals surface area (Å²) in [4.78, 5) is 11.6. The maximum atomic E-state index is 12.2. The molecule has 1 N–H and O–H groups in total. The first-order chi connectivity index (χ1) is 8.41. The smallest absolute Gasteiger partial charge is 0.246 e. The number of amides is 1. The molecule has 0 fully saturated rings. The summed E-state index contributed by atoms with van der Waals surface area (Å²) in [6.45, 7) is 4.00. The van der Waals surface area contributed by atoms with Crippen molar-refractivity contribution in [1.29, 1.82) is 0 Å². The van der Waals surface area contributed by atoms with E-state index in [1.807, 2.05) is 0 Å². The summed E-state index contributed by atoms with van der Waals surface area (Å²) >= 11 is 0. The number of hydrogen-bond donors (Lipinski definition) is 1. The van der Waals surface area contributed by atoms with Crippen molar-refractivity contribution in [2.75, 3.05) is 19.6 Å². The van der Waals surface area contributed by atoms with Crippen LogP contribution < -0.4 is 5.32 Å². The zero-order valence-corrected chi connectivity index (χ0v) is 11.6. The van der Waals surface area contributed by atoms with Crippen molar-refractivity contribution in [1.82, 2.24) is 19.4 Å². The lowest BCUT2D eigenvalue weighted by molar-refractivity contribution is -0.121. The van der Waals surface area contributed by atoms with Gasteiger partial charge in [0.2, 0.25) is 15.9 Å². The van der Waals surface area contributed by atoms with E-state index >= 15 is 0 Å². The number of aromatic nitrogens is 2. The molecule has 7 nitrogen and oxygen atoms in total. The summed E-state index contributed by atoms with van der Waals surface area (Å²) in [5.74, 6) is -0.313. The standard InChI is InChI=1S/C10H18N4O3S/c1-4-11-10(15)8-14(5-2)18(16,17)9-6-12-13(3)7-9/h6-7H,4-5,8H2,1-3H3,(H,11,15). The number of aryl methyl sites for hydroxylation is 1. The highest BCUT2D eigenvalue weighted by Gasteiger charge is 2.26. The van der Waals surface area contributed by atoms with Gasteiger partial charge in [-0.05, 0) is 6.92 Å². The molecule has 1 heterocycles. The second kappa shape index (κ2) is 5.96. The van der Waals surface area contributed by atoms with Gasteiger partial charge in [0.25, 0.3) is 0 Å². The molecular formula is C10H18N4O3S. The molecule has 0 aliphatic carbocycles. The van der Waals surface area contributed by atoms with E-state index in [2.05, 4.69) is 10.4 Å². The predicted octanol–water partition coefficient (Wildman–Crippen LogP) is -0.433. The van der Waals surface area contributed by atoms with Gasteiger partial charge in [0.15, 0.2) is 0 Å². The fraction of sp³-hybridized carbons (Fsp3) is 0.600. The van der Waals surface area contributed by atoms with Gasteiger partial charge < -0.3 is 5.32 Å². The van der Waals surface area contributed by atoms with E-state index in [1.54, 1.807) is 20.9 Å². The Labute approximate surface area is 107 Å². The monoisotopic (exact) mass is 274 g/mol. The van der Waals surface area contributed by atoms with Crippen LogP contribution in [0.15, 0.2) is 17.3 Å². The van der Waals surface area contributed by atoms with Gasteiger partial charge in [0.05, 0.1) is 12.7 Å². The number of nitrogens with one attached hydrogen (secondary N) is 1. The Morgan fingerprint density at radius 3 is 2.61 bits per heavy atom. The lowest BCUT2D eigenvalue weighted by Gasteiger charge is -2.18.